The van der Waals surface area contributed by atoms with Gasteiger partial charge < -0.3 is 9.84 Å². The van der Waals surface area contributed by atoms with Crippen molar-refractivity contribution in [2.45, 2.75) is 0 Å². The Morgan fingerprint density at radius 3 is 2.80 bits per heavy atom. The highest BCUT2D eigenvalue weighted by atomic mass is 79.9. The van der Waals surface area contributed by atoms with Crippen LogP contribution in [0.25, 0.3) is 0 Å². The van der Waals surface area contributed by atoms with Crippen molar-refractivity contribution in [1.29, 1.82) is 5.26 Å². The van der Waals surface area contributed by atoms with Crippen LogP contribution in [0.5, 0.6) is 11.5 Å². The Kier molecular flexibility index (Phi) is 3.69. The molecule has 0 aliphatic heterocycles. The third-order valence-electron chi connectivity index (χ3n) is 1.86. The number of phenols is 1. The average molecular weight is 270 g/mol. The van der Waals surface area contributed by atoms with Gasteiger partial charge in [0.15, 0.2) is 17.3 Å². The Balaban J connectivity index is 3.49. The predicted molar refractivity (Wildman–Crippen MR) is 57.5 cm³/mol. The van der Waals surface area contributed by atoms with Gasteiger partial charge in [0.25, 0.3) is 0 Å². The second-order valence-corrected chi connectivity index (χ2v) is 3.27. The summed E-state index contributed by atoms with van der Waals surface area (Å²) in [6.07, 6.45) is 0. The molecular weight excluding hydrogens is 262 g/mol. The second kappa shape index (κ2) is 4.80. The molecule has 4 nitrogen and oxygen atoms in total. The number of hydrogen-bond donors (Lipinski definition) is 1. The van der Waals surface area contributed by atoms with Gasteiger partial charge in [0.05, 0.1) is 23.6 Å². The van der Waals surface area contributed by atoms with E-state index in [1.54, 1.807) is 0 Å². The maximum Gasteiger partial charge on any atom is 0.178 e. The largest absolute Gasteiger partial charge is 0.504 e. The van der Waals surface area contributed by atoms with Gasteiger partial charge in [-0.1, -0.05) is 15.9 Å². The molecule has 0 unspecified atom stereocenters. The van der Waals surface area contributed by atoms with Gasteiger partial charge >= 0.3 is 0 Å². The number of nitriles is 1. The number of ketones is 1. The molecule has 0 radical (unpaired) electrons. The van der Waals surface area contributed by atoms with Crippen molar-refractivity contribution in [3.05, 3.63) is 23.3 Å². The molecule has 0 aliphatic carbocycles. The van der Waals surface area contributed by atoms with E-state index in [4.69, 9.17) is 10.00 Å². The maximum absolute atomic E-state index is 11.5. The van der Waals surface area contributed by atoms with Gasteiger partial charge in [-0.25, -0.2) is 0 Å². The second-order valence-electron chi connectivity index (χ2n) is 2.71. The van der Waals surface area contributed by atoms with Crippen LogP contribution in [0, 0.1) is 11.3 Å². The Labute approximate surface area is 95.2 Å². The third-order valence-corrected chi connectivity index (χ3v) is 2.37. The first kappa shape index (κ1) is 11.5. The van der Waals surface area contributed by atoms with Gasteiger partial charge in [-0.15, -0.1) is 0 Å². The molecule has 0 fully saturated rings. The van der Waals surface area contributed by atoms with E-state index in [1.807, 2.05) is 6.07 Å². The molecule has 1 aromatic rings. The molecule has 15 heavy (non-hydrogen) atoms. The number of ether oxygens (including phenoxy) is 1. The van der Waals surface area contributed by atoms with Crippen LogP contribution in [0.3, 0.4) is 0 Å². The van der Waals surface area contributed by atoms with Crippen LogP contribution in [0.2, 0.25) is 0 Å². The van der Waals surface area contributed by atoms with Crippen LogP contribution < -0.4 is 4.74 Å². The number of hydrogen-bond acceptors (Lipinski definition) is 4. The van der Waals surface area contributed by atoms with Crippen molar-refractivity contribution < 1.29 is 14.6 Å². The summed E-state index contributed by atoms with van der Waals surface area (Å²) in [7, 11) is 1.33. The number of nitrogens with zero attached hydrogens (tertiary/aromatic N) is 1. The molecular formula is C10H8BrNO3. The number of carbonyl (C=O) groups excluding carboxylic acids is 1. The van der Waals surface area contributed by atoms with E-state index in [2.05, 4.69) is 15.9 Å². The van der Waals surface area contributed by atoms with Crippen molar-refractivity contribution in [1.82, 2.24) is 0 Å². The minimum Gasteiger partial charge on any atom is -0.504 e. The van der Waals surface area contributed by atoms with E-state index in [9.17, 15) is 9.90 Å². The predicted octanol–water partition coefficient (Wildman–Crippen LogP) is 1.85. The number of alkyl halides is 1. The lowest BCUT2D eigenvalue weighted by atomic mass is 10.0. The quantitative estimate of drug-likeness (QED) is 0.672. The summed E-state index contributed by atoms with van der Waals surface area (Å²) in [4.78, 5) is 11.5. The van der Waals surface area contributed by atoms with E-state index < -0.39 is 0 Å². The number of methoxy groups -OCH3 is 1. The lowest BCUT2D eigenvalue weighted by molar-refractivity contribution is 0.102. The summed E-state index contributed by atoms with van der Waals surface area (Å²) in [6, 6.07) is 4.58. The molecule has 0 spiro atoms. The van der Waals surface area contributed by atoms with Crippen LogP contribution in [0.15, 0.2) is 12.1 Å². The highest BCUT2D eigenvalue weighted by Crippen LogP contribution is 2.32. The summed E-state index contributed by atoms with van der Waals surface area (Å²) in [6.45, 7) is 0. The van der Waals surface area contributed by atoms with Crippen molar-refractivity contribution in [2.75, 3.05) is 12.4 Å². The molecule has 1 aromatic carbocycles. The third kappa shape index (κ3) is 2.10. The topological polar surface area (TPSA) is 70.3 Å². The summed E-state index contributed by atoms with van der Waals surface area (Å²) in [5.41, 5.74) is 0.297. The molecule has 1 N–H and O–H groups in total. The van der Waals surface area contributed by atoms with Crippen molar-refractivity contribution in [2.24, 2.45) is 0 Å². The average Bonchev–Trinajstić information content (AvgIpc) is 2.27. The van der Waals surface area contributed by atoms with Crippen LogP contribution >= 0.6 is 15.9 Å². The molecule has 0 atom stereocenters. The number of benzene rings is 1. The van der Waals surface area contributed by atoms with Crippen LogP contribution in [0.1, 0.15) is 15.9 Å². The van der Waals surface area contributed by atoms with E-state index in [-0.39, 0.29) is 33.7 Å². The standard InChI is InChI=1S/C10H8BrNO3/c1-15-10-7(13)3-2-6(5-12)9(10)8(14)4-11/h2-3,13H,4H2,1H3. The Hall–Kier alpha value is -1.54. The fourth-order valence-electron chi connectivity index (χ4n) is 1.22. The van der Waals surface area contributed by atoms with Crippen molar-refractivity contribution in [3.8, 4) is 17.6 Å². The summed E-state index contributed by atoms with van der Waals surface area (Å²) in [5.74, 6) is -0.418. The first-order chi connectivity index (χ1) is 7.15. The number of Topliss-reactive ketones (excluding diaryl/α,β-unsaturated/α-hetero) is 1. The van der Waals surface area contributed by atoms with Crippen LogP contribution in [-0.4, -0.2) is 23.3 Å². The van der Waals surface area contributed by atoms with Gasteiger partial charge in [-0.3, -0.25) is 4.79 Å². The zero-order chi connectivity index (χ0) is 11.4. The van der Waals surface area contributed by atoms with Crippen molar-refractivity contribution >= 4 is 21.7 Å². The normalized spacial score (nSPS) is 9.40. The Morgan fingerprint density at radius 2 is 2.33 bits per heavy atom. The fourth-order valence-corrected chi connectivity index (χ4v) is 1.50. The molecule has 0 amide bonds. The number of phenolic OH excluding ortho intramolecular Hbond substituents is 1. The molecule has 0 saturated heterocycles. The highest BCUT2D eigenvalue weighted by molar-refractivity contribution is 9.09. The molecule has 78 valence electrons. The summed E-state index contributed by atoms with van der Waals surface area (Å²) >= 11 is 3.01. The van der Waals surface area contributed by atoms with Gasteiger partial charge in [-0.05, 0) is 12.1 Å². The van der Waals surface area contributed by atoms with E-state index in [1.165, 1.54) is 19.2 Å². The van der Waals surface area contributed by atoms with Crippen LogP contribution in [-0.2, 0) is 0 Å². The van der Waals surface area contributed by atoms with Gasteiger partial charge in [0.2, 0.25) is 0 Å². The maximum atomic E-state index is 11.5. The summed E-state index contributed by atoms with van der Waals surface area (Å²) in [5, 5.41) is 18.3. The molecule has 0 saturated carbocycles. The zero-order valence-electron chi connectivity index (χ0n) is 7.95. The number of halogens is 1. The lowest BCUT2D eigenvalue weighted by Gasteiger charge is -2.09. The molecule has 1 rings (SSSR count). The van der Waals surface area contributed by atoms with E-state index in [0.717, 1.165) is 0 Å². The Bertz CT molecular complexity index is 437. The molecule has 0 aliphatic rings. The number of aromatic hydroxyl groups is 1. The van der Waals surface area contributed by atoms with Gasteiger partial charge in [-0.2, -0.15) is 5.26 Å². The van der Waals surface area contributed by atoms with E-state index >= 15 is 0 Å². The smallest absolute Gasteiger partial charge is 0.178 e. The first-order valence-electron chi connectivity index (χ1n) is 4.05. The highest BCUT2D eigenvalue weighted by Gasteiger charge is 2.19. The zero-order valence-corrected chi connectivity index (χ0v) is 9.54. The fraction of sp³-hybridized carbons (Fsp3) is 0.200. The SMILES string of the molecule is COc1c(O)ccc(C#N)c1C(=O)CBr. The Morgan fingerprint density at radius 1 is 1.67 bits per heavy atom. The molecule has 0 aromatic heterocycles. The molecule has 0 heterocycles. The minimum absolute atomic E-state index is 0.0403. The lowest BCUT2D eigenvalue weighted by Crippen LogP contribution is -2.06. The number of carbonyl (C=O) groups is 1. The summed E-state index contributed by atoms with van der Waals surface area (Å²) < 4.78 is 4.90. The van der Waals surface area contributed by atoms with Crippen molar-refractivity contribution in [3.63, 3.8) is 0 Å². The molecule has 0 bridgehead atoms. The number of rotatable bonds is 3. The minimum atomic E-state index is -0.306. The monoisotopic (exact) mass is 269 g/mol. The first-order valence-corrected chi connectivity index (χ1v) is 5.17. The van der Waals surface area contributed by atoms with E-state index in [0.29, 0.717) is 0 Å². The molecule has 5 heteroatoms. The van der Waals surface area contributed by atoms with Gasteiger partial charge in [0.1, 0.15) is 6.07 Å². The van der Waals surface area contributed by atoms with Gasteiger partial charge in [0, 0.05) is 0 Å². The van der Waals surface area contributed by atoms with Crippen LogP contribution in [0.4, 0.5) is 0 Å².